The van der Waals surface area contributed by atoms with E-state index < -0.39 is 0 Å². The predicted octanol–water partition coefficient (Wildman–Crippen LogP) is 4.11. The number of fused-ring (bicyclic) bond motifs is 1. The molecule has 4 rings (SSSR count). The fourth-order valence-corrected chi connectivity index (χ4v) is 4.13. The van der Waals surface area contributed by atoms with Gasteiger partial charge in [-0.25, -0.2) is 0 Å². The standard InChI is InChI=1S/C24H25N3O3/c1-17(28)26-14-12-18-7-2-3-10-21(18)22(26)16-23(29)25-19-8-6-9-20(15-19)27-13-5-4-11-24(27)30/h2-3,6-10,12,14-15,22H,4-5,11,13,16H2,1H3,(H,25,29)/t22-/m1/s1. The summed E-state index contributed by atoms with van der Waals surface area (Å²) in [5.41, 5.74) is 3.41. The van der Waals surface area contributed by atoms with Crippen LogP contribution in [-0.2, 0) is 14.4 Å². The molecule has 1 saturated heterocycles. The normalized spacial score (nSPS) is 18.2. The number of carbonyl (C=O) groups is 3. The molecule has 2 heterocycles. The number of nitrogens with zero attached hydrogens (tertiary/aromatic N) is 2. The maximum absolute atomic E-state index is 12.9. The number of benzene rings is 2. The molecule has 6 nitrogen and oxygen atoms in total. The third-order valence-electron chi connectivity index (χ3n) is 5.61. The van der Waals surface area contributed by atoms with E-state index in [4.69, 9.17) is 0 Å². The second-order valence-corrected chi connectivity index (χ2v) is 7.69. The molecule has 0 spiro atoms. The number of hydrogen-bond acceptors (Lipinski definition) is 3. The Morgan fingerprint density at radius 2 is 1.93 bits per heavy atom. The monoisotopic (exact) mass is 403 g/mol. The van der Waals surface area contributed by atoms with Gasteiger partial charge in [0.25, 0.3) is 0 Å². The van der Waals surface area contributed by atoms with Crippen molar-refractivity contribution in [2.24, 2.45) is 0 Å². The summed E-state index contributed by atoms with van der Waals surface area (Å²) < 4.78 is 0. The van der Waals surface area contributed by atoms with E-state index in [9.17, 15) is 14.4 Å². The van der Waals surface area contributed by atoms with Gasteiger partial charge in [-0.3, -0.25) is 14.4 Å². The van der Waals surface area contributed by atoms with Gasteiger partial charge in [-0.1, -0.05) is 30.3 Å². The van der Waals surface area contributed by atoms with Crippen LogP contribution in [-0.4, -0.2) is 29.2 Å². The lowest BCUT2D eigenvalue weighted by atomic mass is 9.93. The van der Waals surface area contributed by atoms with Crippen molar-refractivity contribution >= 4 is 35.2 Å². The zero-order chi connectivity index (χ0) is 21.1. The zero-order valence-electron chi connectivity index (χ0n) is 17.0. The minimum Gasteiger partial charge on any atom is -0.326 e. The molecule has 1 N–H and O–H groups in total. The Morgan fingerprint density at radius 1 is 1.10 bits per heavy atom. The minimum absolute atomic E-state index is 0.107. The Kier molecular flexibility index (Phi) is 5.65. The van der Waals surface area contributed by atoms with E-state index >= 15 is 0 Å². The molecule has 3 amide bonds. The molecule has 0 bridgehead atoms. The average molecular weight is 403 g/mol. The summed E-state index contributed by atoms with van der Waals surface area (Å²) in [5.74, 6) is -0.171. The van der Waals surface area contributed by atoms with Crippen molar-refractivity contribution in [2.75, 3.05) is 16.8 Å². The highest BCUT2D eigenvalue weighted by molar-refractivity contribution is 5.96. The lowest BCUT2D eigenvalue weighted by Gasteiger charge is -2.32. The molecule has 0 unspecified atom stereocenters. The van der Waals surface area contributed by atoms with Crippen LogP contribution in [0.5, 0.6) is 0 Å². The first kappa shape index (κ1) is 19.9. The van der Waals surface area contributed by atoms with Crippen LogP contribution in [0.25, 0.3) is 6.08 Å². The zero-order valence-corrected chi connectivity index (χ0v) is 17.0. The molecule has 1 fully saturated rings. The van der Waals surface area contributed by atoms with Gasteiger partial charge in [-0.05, 0) is 48.2 Å². The molecule has 2 aromatic rings. The third kappa shape index (κ3) is 4.13. The van der Waals surface area contributed by atoms with Crippen molar-refractivity contribution in [1.82, 2.24) is 4.90 Å². The number of amides is 3. The van der Waals surface area contributed by atoms with E-state index in [1.165, 1.54) is 6.92 Å². The van der Waals surface area contributed by atoms with E-state index in [2.05, 4.69) is 5.32 Å². The average Bonchev–Trinajstić information content (AvgIpc) is 2.74. The summed E-state index contributed by atoms with van der Waals surface area (Å²) in [4.78, 5) is 40.6. The number of hydrogen-bond donors (Lipinski definition) is 1. The molecule has 0 radical (unpaired) electrons. The van der Waals surface area contributed by atoms with E-state index in [-0.39, 0.29) is 30.2 Å². The first-order valence-electron chi connectivity index (χ1n) is 10.3. The highest BCUT2D eigenvalue weighted by Crippen LogP contribution is 2.33. The SMILES string of the molecule is CC(=O)N1C=Cc2ccccc2[C@H]1CC(=O)Nc1cccc(N2CCCCC2=O)c1. The van der Waals surface area contributed by atoms with E-state index in [0.29, 0.717) is 18.7 Å². The smallest absolute Gasteiger partial charge is 0.226 e. The Balaban J connectivity index is 1.50. The number of rotatable bonds is 4. The van der Waals surface area contributed by atoms with Crippen LogP contribution in [0.15, 0.2) is 54.7 Å². The molecule has 2 aromatic carbocycles. The van der Waals surface area contributed by atoms with E-state index in [1.54, 1.807) is 16.0 Å². The first-order chi connectivity index (χ1) is 14.5. The first-order valence-corrected chi connectivity index (χ1v) is 10.3. The lowest BCUT2D eigenvalue weighted by Crippen LogP contribution is -2.35. The van der Waals surface area contributed by atoms with Crippen LogP contribution >= 0.6 is 0 Å². The van der Waals surface area contributed by atoms with Gasteiger partial charge in [0.05, 0.1) is 12.5 Å². The third-order valence-corrected chi connectivity index (χ3v) is 5.61. The number of piperidine rings is 1. The number of carbonyl (C=O) groups excluding carboxylic acids is 3. The van der Waals surface area contributed by atoms with E-state index in [0.717, 1.165) is 29.7 Å². The minimum atomic E-state index is -0.351. The van der Waals surface area contributed by atoms with Gasteiger partial charge in [-0.2, -0.15) is 0 Å². The van der Waals surface area contributed by atoms with Gasteiger partial charge < -0.3 is 15.1 Å². The maximum atomic E-state index is 12.9. The quantitative estimate of drug-likeness (QED) is 0.835. The molecule has 2 aliphatic heterocycles. The molecular formula is C24H25N3O3. The molecule has 154 valence electrons. The van der Waals surface area contributed by atoms with Crippen molar-refractivity contribution < 1.29 is 14.4 Å². The van der Waals surface area contributed by atoms with Crippen molar-refractivity contribution in [2.45, 2.75) is 38.6 Å². The Labute approximate surface area is 176 Å². The Bertz CT molecular complexity index is 1010. The van der Waals surface area contributed by atoms with Gasteiger partial charge in [0.1, 0.15) is 0 Å². The summed E-state index contributed by atoms with van der Waals surface area (Å²) >= 11 is 0. The molecule has 1 atom stereocenters. The van der Waals surface area contributed by atoms with Crippen molar-refractivity contribution in [3.8, 4) is 0 Å². The lowest BCUT2D eigenvalue weighted by molar-refractivity contribution is -0.129. The molecule has 2 aliphatic rings. The van der Waals surface area contributed by atoms with Crippen molar-refractivity contribution in [3.05, 3.63) is 65.9 Å². The van der Waals surface area contributed by atoms with Crippen LogP contribution in [0, 0.1) is 0 Å². The second kappa shape index (κ2) is 8.53. The van der Waals surface area contributed by atoms with Gasteiger partial charge in [0.15, 0.2) is 0 Å². The Morgan fingerprint density at radius 3 is 2.73 bits per heavy atom. The van der Waals surface area contributed by atoms with Crippen LogP contribution in [0.1, 0.15) is 49.8 Å². The van der Waals surface area contributed by atoms with Crippen LogP contribution in [0.2, 0.25) is 0 Å². The molecule has 0 aromatic heterocycles. The van der Waals surface area contributed by atoms with Gasteiger partial charge >= 0.3 is 0 Å². The predicted molar refractivity (Wildman–Crippen MR) is 117 cm³/mol. The summed E-state index contributed by atoms with van der Waals surface area (Å²) in [5, 5.41) is 2.93. The molecule has 30 heavy (non-hydrogen) atoms. The second-order valence-electron chi connectivity index (χ2n) is 7.69. The van der Waals surface area contributed by atoms with Crippen molar-refractivity contribution in [1.29, 1.82) is 0 Å². The van der Waals surface area contributed by atoms with Gasteiger partial charge in [-0.15, -0.1) is 0 Å². The van der Waals surface area contributed by atoms with E-state index in [1.807, 2.05) is 54.6 Å². The fourth-order valence-electron chi connectivity index (χ4n) is 4.13. The van der Waals surface area contributed by atoms with Gasteiger partial charge in [0.2, 0.25) is 17.7 Å². The molecule has 0 saturated carbocycles. The molecule has 0 aliphatic carbocycles. The summed E-state index contributed by atoms with van der Waals surface area (Å²) in [6.45, 7) is 2.21. The molecular weight excluding hydrogens is 378 g/mol. The highest BCUT2D eigenvalue weighted by atomic mass is 16.2. The highest BCUT2D eigenvalue weighted by Gasteiger charge is 2.28. The van der Waals surface area contributed by atoms with Crippen molar-refractivity contribution in [3.63, 3.8) is 0 Å². The number of anilines is 2. The topological polar surface area (TPSA) is 69.7 Å². The molecule has 6 heteroatoms. The van der Waals surface area contributed by atoms with Crippen LogP contribution in [0.3, 0.4) is 0 Å². The number of nitrogens with one attached hydrogen (secondary N) is 1. The largest absolute Gasteiger partial charge is 0.326 e. The van der Waals surface area contributed by atoms with Crippen LogP contribution in [0.4, 0.5) is 11.4 Å². The summed E-state index contributed by atoms with van der Waals surface area (Å²) in [7, 11) is 0. The maximum Gasteiger partial charge on any atom is 0.226 e. The summed E-state index contributed by atoms with van der Waals surface area (Å²) in [6.07, 6.45) is 6.25. The summed E-state index contributed by atoms with van der Waals surface area (Å²) in [6, 6.07) is 14.8. The Hall–Kier alpha value is -3.41. The fraction of sp³-hybridized carbons (Fsp3) is 0.292. The van der Waals surface area contributed by atoms with Crippen LogP contribution < -0.4 is 10.2 Å². The van der Waals surface area contributed by atoms with Gasteiger partial charge in [0, 0.05) is 37.5 Å².